The van der Waals surface area contributed by atoms with Gasteiger partial charge >= 0.3 is 0 Å². The maximum Gasteiger partial charge on any atom is 0.240 e. The van der Waals surface area contributed by atoms with Crippen molar-refractivity contribution in [3.63, 3.8) is 0 Å². The monoisotopic (exact) mass is 193 g/mol. The van der Waals surface area contributed by atoms with Gasteiger partial charge in [-0.2, -0.15) is 0 Å². The van der Waals surface area contributed by atoms with Crippen LogP contribution in [0.5, 0.6) is 0 Å². The first-order valence-corrected chi connectivity index (χ1v) is 4.00. The smallest absolute Gasteiger partial charge is 0.240 e. The van der Waals surface area contributed by atoms with E-state index in [2.05, 4.69) is 19.8 Å². The first kappa shape index (κ1) is 10.8. The highest BCUT2D eigenvalue weighted by Gasteiger charge is 2.02. The van der Waals surface area contributed by atoms with Crippen molar-refractivity contribution in [1.82, 2.24) is 15.3 Å². The van der Waals surface area contributed by atoms with Crippen LogP contribution in [0.1, 0.15) is 0 Å². The molecule has 4 nitrogen and oxygen atoms in total. The Morgan fingerprint density at radius 3 is 2.55 bits per heavy atom. The van der Waals surface area contributed by atoms with E-state index in [1.54, 1.807) is 4.90 Å². The van der Waals surface area contributed by atoms with E-state index in [-0.39, 0.29) is 5.91 Å². The average molecular weight is 193 g/mol. The third kappa shape index (κ3) is 6.16. The Bertz CT molecular complexity index is 162. The summed E-state index contributed by atoms with van der Waals surface area (Å²) in [4.78, 5) is 12.7. The fourth-order valence-electron chi connectivity index (χ4n) is 0.489. The van der Waals surface area contributed by atoms with Crippen LogP contribution in [-0.4, -0.2) is 36.6 Å². The summed E-state index contributed by atoms with van der Waals surface area (Å²) < 4.78 is 0. The van der Waals surface area contributed by atoms with Crippen LogP contribution in [0, 0.1) is 0 Å². The lowest BCUT2D eigenvalue weighted by atomic mass is 10.5. The Labute approximate surface area is 74.0 Å². The average Bonchev–Trinajstić information content (AvgIpc) is 1.85. The lowest BCUT2D eigenvalue weighted by Gasteiger charge is -2.09. The minimum atomic E-state index is -0.116. The van der Waals surface area contributed by atoms with Crippen molar-refractivity contribution in [3.8, 4) is 0 Å². The molecule has 0 aromatic carbocycles. The molecule has 0 aliphatic rings. The van der Waals surface area contributed by atoms with Gasteiger partial charge in [0.1, 0.15) is 0 Å². The molecule has 1 amide bonds. The van der Waals surface area contributed by atoms with Crippen LogP contribution in [0.15, 0.2) is 0 Å². The molecule has 6 heteroatoms. The number of nitrogens with zero attached hydrogens (tertiary/aromatic N) is 1. The number of rotatable bonds is 2. The van der Waals surface area contributed by atoms with Gasteiger partial charge in [-0.1, -0.05) is 0 Å². The van der Waals surface area contributed by atoms with Crippen molar-refractivity contribution in [2.24, 2.45) is 0 Å². The molecule has 0 aliphatic heterocycles. The maximum atomic E-state index is 10.9. The number of carbonyl (C=O) groups excluding carboxylic acids is 1. The maximum absolute atomic E-state index is 10.9. The third-order valence-corrected chi connectivity index (χ3v) is 1.56. The standard InChI is InChI=1S/C5H12N3OPS/c1-8(2)3-4(9)6-5(11)7-10/h3,10H2,1-2H3,(H2,6,7,9,11). The lowest BCUT2D eigenvalue weighted by Crippen LogP contribution is -2.39. The number of thiocarbonyl (C=S) groups is 1. The van der Waals surface area contributed by atoms with Crippen molar-refractivity contribution in [2.75, 3.05) is 20.6 Å². The summed E-state index contributed by atoms with van der Waals surface area (Å²) in [6.07, 6.45) is 0. The molecule has 0 heterocycles. The molecular formula is C5H12N3OPS. The van der Waals surface area contributed by atoms with Crippen molar-refractivity contribution < 1.29 is 4.79 Å². The van der Waals surface area contributed by atoms with Crippen molar-refractivity contribution in [1.29, 1.82) is 0 Å². The minimum Gasteiger partial charge on any atom is -0.347 e. The Hall–Kier alpha value is -0.250. The van der Waals surface area contributed by atoms with E-state index in [1.807, 2.05) is 14.1 Å². The summed E-state index contributed by atoms with van der Waals surface area (Å²) in [7, 11) is 5.84. The van der Waals surface area contributed by atoms with Gasteiger partial charge in [0.2, 0.25) is 5.91 Å². The van der Waals surface area contributed by atoms with Gasteiger partial charge in [-0.25, -0.2) is 0 Å². The predicted molar refractivity (Wildman–Crippen MR) is 52.1 cm³/mol. The molecule has 0 rings (SSSR count). The lowest BCUT2D eigenvalue weighted by molar-refractivity contribution is -0.120. The van der Waals surface area contributed by atoms with Gasteiger partial charge in [0.05, 0.1) is 6.54 Å². The van der Waals surface area contributed by atoms with Gasteiger partial charge in [-0.05, 0) is 35.7 Å². The third-order valence-electron chi connectivity index (χ3n) is 0.844. The molecular weight excluding hydrogens is 181 g/mol. The first-order chi connectivity index (χ1) is 5.06. The number of nitrogens with one attached hydrogen (secondary N) is 2. The molecule has 0 fully saturated rings. The van der Waals surface area contributed by atoms with Crippen LogP contribution >= 0.6 is 21.6 Å². The topological polar surface area (TPSA) is 44.4 Å². The SMILES string of the molecule is CN(C)CC(=O)NC(=S)NP. The summed E-state index contributed by atoms with van der Waals surface area (Å²) in [5.41, 5.74) is 0. The van der Waals surface area contributed by atoms with E-state index >= 15 is 0 Å². The molecule has 0 aromatic rings. The molecule has 0 saturated heterocycles. The second-order valence-corrected chi connectivity index (χ2v) is 2.96. The highest BCUT2D eigenvalue weighted by atomic mass is 32.1. The summed E-state index contributed by atoms with van der Waals surface area (Å²) in [6, 6.07) is 0. The van der Waals surface area contributed by atoms with Crippen LogP contribution in [-0.2, 0) is 4.79 Å². The summed E-state index contributed by atoms with van der Waals surface area (Å²) in [6.45, 7) is 0.340. The molecule has 1 unspecified atom stereocenters. The number of hydrogen-bond acceptors (Lipinski definition) is 3. The second-order valence-electron chi connectivity index (χ2n) is 2.26. The largest absolute Gasteiger partial charge is 0.347 e. The molecule has 0 saturated carbocycles. The van der Waals surface area contributed by atoms with Gasteiger partial charge in [-0.15, -0.1) is 0 Å². The Morgan fingerprint density at radius 1 is 1.64 bits per heavy atom. The Morgan fingerprint density at radius 2 is 2.18 bits per heavy atom. The zero-order valence-corrected chi connectivity index (χ0v) is 8.52. The van der Waals surface area contributed by atoms with E-state index in [9.17, 15) is 4.79 Å². The summed E-state index contributed by atoms with van der Waals surface area (Å²) >= 11 is 4.70. The summed E-state index contributed by atoms with van der Waals surface area (Å²) in [5, 5.41) is 5.37. The van der Waals surface area contributed by atoms with Crippen LogP contribution in [0.4, 0.5) is 0 Å². The quantitative estimate of drug-likeness (QED) is 0.451. The first-order valence-electron chi connectivity index (χ1n) is 3.01. The molecule has 1 atom stereocenters. The van der Waals surface area contributed by atoms with Crippen LogP contribution < -0.4 is 10.4 Å². The van der Waals surface area contributed by atoms with E-state index in [1.165, 1.54) is 0 Å². The number of hydrogen-bond donors (Lipinski definition) is 2. The van der Waals surface area contributed by atoms with Gasteiger partial charge in [0, 0.05) is 0 Å². The van der Waals surface area contributed by atoms with Crippen LogP contribution in [0.3, 0.4) is 0 Å². The normalized spacial score (nSPS) is 9.45. The molecule has 0 radical (unpaired) electrons. The van der Waals surface area contributed by atoms with E-state index in [0.29, 0.717) is 11.7 Å². The molecule has 0 aliphatic carbocycles. The molecule has 0 bridgehead atoms. The summed E-state index contributed by atoms with van der Waals surface area (Å²) in [5.74, 6) is -0.116. The zero-order chi connectivity index (χ0) is 8.85. The second kappa shape index (κ2) is 5.41. The highest BCUT2D eigenvalue weighted by Crippen LogP contribution is 1.76. The van der Waals surface area contributed by atoms with E-state index in [4.69, 9.17) is 12.2 Å². The van der Waals surface area contributed by atoms with Crippen molar-refractivity contribution in [3.05, 3.63) is 0 Å². The van der Waals surface area contributed by atoms with Crippen molar-refractivity contribution >= 4 is 32.6 Å². The van der Waals surface area contributed by atoms with Crippen LogP contribution in [0.2, 0.25) is 0 Å². The van der Waals surface area contributed by atoms with E-state index < -0.39 is 0 Å². The fourth-order valence-corrected chi connectivity index (χ4v) is 0.675. The van der Waals surface area contributed by atoms with Crippen molar-refractivity contribution in [2.45, 2.75) is 0 Å². The van der Waals surface area contributed by atoms with E-state index in [0.717, 1.165) is 0 Å². The highest BCUT2D eigenvalue weighted by molar-refractivity contribution is 7.80. The zero-order valence-electron chi connectivity index (χ0n) is 6.55. The number of amides is 1. The van der Waals surface area contributed by atoms with Gasteiger partial charge < -0.3 is 15.3 Å². The molecule has 0 aromatic heterocycles. The Kier molecular flexibility index (Phi) is 5.28. The molecule has 11 heavy (non-hydrogen) atoms. The predicted octanol–water partition coefficient (Wildman–Crippen LogP) is -0.671. The molecule has 0 spiro atoms. The number of likely N-dealkylation sites (N-methyl/N-ethyl adjacent to an activating group) is 1. The molecule has 2 N–H and O–H groups in total. The molecule has 64 valence electrons. The van der Waals surface area contributed by atoms with Gasteiger partial charge in [-0.3, -0.25) is 4.79 Å². The minimum absolute atomic E-state index is 0.116. The number of carbonyl (C=O) groups is 1. The fraction of sp³-hybridized carbons (Fsp3) is 0.600. The van der Waals surface area contributed by atoms with Gasteiger partial charge in [0.25, 0.3) is 0 Å². The van der Waals surface area contributed by atoms with Crippen LogP contribution in [0.25, 0.3) is 0 Å². The Balaban J connectivity index is 3.61. The van der Waals surface area contributed by atoms with Gasteiger partial charge in [0.15, 0.2) is 5.11 Å².